The largest absolute Gasteiger partial charge is 0.345 e. The van der Waals surface area contributed by atoms with Crippen LogP contribution in [0.2, 0.25) is 5.02 Å². The molecule has 20 heavy (non-hydrogen) atoms. The Morgan fingerprint density at radius 2 is 1.90 bits per heavy atom. The third kappa shape index (κ3) is 4.06. The van der Waals surface area contributed by atoms with Gasteiger partial charge >= 0.3 is 11.8 Å². The summed E-state index contributed by atoms with van der Waals surface area (Å²) in [4.78, 5) is 23.0. The van der Waals surface area contributed by atoms with Crippen molar-refractivity contribution in [2.24, 2.45) is 5.10 Å². The molecule has 106 valence electrons. The number of rotatable bonds is 4. The van der Waals surface area contributed by atoms with Gasteiger partial charge in [-0.05, 0) is 37.0 Å². The molecular formula is C14H16ClN3O2. The lowest BCUT2D eigenvalue weighted by atomic mass is 10.1. The van der Waals surface area contributed by atoms with Gasteiger partial charge in [0, 0.05) is 11.1 Å². The molecule has 2 amide bonds. The summed E-state index contributed by atoms with van der Waals surface area (Å²) in [7, 11) is 0. The Labute approximate surface area is 122 Å². The molecule has 0 atom stereocenters. The number of carbonyl (C=O) groups excluding carboxylic acids is 2. The van der Waals surface area contributed by atoms with Gasteiger partial charge in [0.15, 0.2) is 0 Å². The van der Waals surface area contributed by atoms with Crippen LogP contribution in [0.15, 0.2) is 29.4 Å². The second-order valence-electron chi connectivity index (χ2n) is 4.61. The highest BCUT2D eigenvalue weighted by atomic mass is 35.5. The summed E-state index contributed by atoms with van der Waals surface area (Å²) >= 11 is 5.82. The van der Waals surface area contributed by atoms with Crippen LogP contribution in [0.1, 0.15) is 31.7 Å². The maximum Gasteiger partial charge on any atom is 0.329 e. The van der Waals surface area contributed by atoms with Crippen LogP contribution in [-0.2, 0) is 9.59 Å². The fourth-order valence-electron chi connectivity index (χ4n) is 1.64. The third-order valence-corrected chi connectivity index (χ3v) is 3.18. The molecule has 1 aliphatic rings. The van der Waals surface area contributed by atoms with Crippen molar-refractivity contribution in [1.82, 2.24) is 10.7 Å². The highest BCUT2D eigenvalue weighted by Gasteiger charge is 2.26. The average Bonchev–Trinajstić information content (AvgIpc) is 3.25. The van der Waals surface area contributed by atoms with Crippen molar-refractivity contribution in [2.75, 3.05) is 0 Å². The van der Waals surface area contributed by atoms with Crippen LogP contribution >= 0.6 is 11.6 Å². The first-order valence-corrected chi connectivity index (χ1v) is 6.91. The summed E-state index contributed by atoms with van der Waals surface area (Å²) in [5, 5.41) is 7.25. The molecule has 6 heteroatoms. The SMILES string of the molecule is CC/C(=N/NC(=O)C(=O)NC1CC1)c1ccc(Cl)cc1. The van der Waals surface area contributed by atoms with E-state index in [1.807, 2.05) is 19.1 Å². The van der Waals surface area contributed by atoms with Gasteiger partial charge in [-0.3, -0.25) is 9.59 Å². The van der Waals surface area contributed by atoms with Crippen LogP contribution < -0.4 is 10.7 Å². The summed E-state index contributed by atoms with van der Waals surface area (Å²) in [6, 6.07) is 7.30. The Balaban J connectivity index is 1.97. The third-order valence-electron chi connectivity index (χ3n) is 2.92. The van der Waals surface area contributed by atoms with Crippen LogP contribution in [0.25, 0.3) is 0 Å². The van der Waals surface area contributed by atoms with Gasteiger partial charge in [-0.1, -0.05) is 30.7 Å². The van der Waals surface area contributed by atoms with E-state index in [1.165, 1.54) is 0 Å². The van der Waals surface area contributed by atoms with E-state index in [-0.39, 0.29) is 6.04 Å². The molecule has 5 nitrogen and oxygen atoms in total. The van der Waals surface area contributed by atoms with Crippen molar-refractivity contribution in [2.45, 2.75) is 32.2 Å². The van der Waals surface area contributed by atoms with Gasteiger partial charge in [-0.2, -0.15) is 5.10 Å². The second-order valence-corrected chi connectivity index (χ2v) is 5.04. The summed E-state index contributed by atoms with van der Waals surface area (Å²) in [6.45, 7) is 1.92. The molecule has 1 saturated carbocycles. The van der Waals surface area contributed by atoms with Gasteiger partial charge < -0.3 is 5.32 Å². The summed E-state index contributed by atoms with van der Waals surface area (Å²) in [5.41, 5.74) is 3.83. The second kappa shape index (κ2) is 6.52. The Bertz CT molecular complexity index is 536. The Kier molecular flexibility index (Phi) is 4.74. The van der Waals surface area contributed by atoms with E-state index in [9.17, 15) is 9.59 Å². The monoisotopic (exact) mass is 293 g/mol. The highest BCUT2D eigenvalue weighted by Crippen LogP contribution is 2.18. The Morgan fingerprint density at radius 1 is 1.25 bits per heavy atom. The number of nitrogens with one attached hydrogen (secondary N) is 2. The van der Waals surface area contributed by atoms with Crippen molar-refractivity contribution >= 4 is 29.1 Å². The standard InChI is InChI=1S/C14H16ClN3O2/c1-2-12(9-3-5-10(15)6-4-9)17-18-14(20)13(19)16-11-7-8-11/h3-6,11H,2,7-8H2,1H3,(H,16,19)(H,18,20)/b17-12-. The molecule has 1 aromatic rings. The van der Waals surface area contributed by atoms with Gasteiger partial charge in [-0.15, -0.1) is 0 Å². The quantitative estimate of drug-likeness (QED) is 0.505. The molecule has 2 N–H and O–H groups in total. The molecule has 0 bridgehead atoms. The van der Waals surface area contributed by atoms with E-state index in [2.05, 4.69) is 15.8 Å². The molecular weight excluding hydrogens is 278 g/mol. The molecule has 1 aliphatic carbocycles. The molecule has 0 saturated heterocycles. The Hall–Kier alpha value is -1.88. The lowest BCUT2D eigenvalue weighted by Crippen LogP contribution is -2.39. The molecule has 2 rings (SSSR count). The number of nitrogens with zero attached hydrogens (tertiary/aromatic N) is 1. The number of halogens is 1. The first-order chi connectivity index (χ1) is 9.60. The van der Waals surface area contributed by atoms with Gasteiger partial charge in [0.25, 0.3) is 0 Å². The van der Waals surface area contributed by atoms with E-state index in [0.29, 0.717) is 17.2 Å². The van der Waals surface area contributed by atoms with Crippen molar-refractivity contribution in [3.63, 3.8) is 0 Å². The van der Waals surface area contributed by atoms with Crippen LogP contribution in [-0.4, -0.2) is 23.6 Å². The smallest absolute Gasteiger partial charge is 0.329 e. The predicted molar refractivity (Wildman–Crippen MR) is 77.6 cm³/mol. The fourth-order valence-corrected chi connectivity index (χ4v) is 1.76. The van der Waals surface area contributed by atoms with Gasteiger partial charge in [0.05, 0.1) is 5.71 Å². The first kappa shape index (κ1) is 14.5. The summed E-state index contributed by atoms with van der Waals surface area (Å²) in [5.74, 6) is -1.38. The number of amides is 2. The molecule has 0 spiro atoms. The molecule has 0 heterocycles. The molecule has 0 aliphatic heterocycles. The predicted octanol–water partition coefficient (Wildman–Crippen LogP) is 1.85. The molecule has 0 aromatic heterocycles. The molecule has 0 radical (unpaired) electrons. The van der Waals surface area contributed by atoms with Crippen molar-refractivity contribution in [1.29, 1.82) is 0 Å². The fraction of sp³-hybridized carbons (Fsp3) is 0.357. The van der Waals surface area contributed by atoms with Crippen molar-refractivity contribution in [3.8, 4) is 0 Å². The van der Waals surface area contributed by atoms with Gasteiger partial charge in [0.2, 0.25) is 0 Å². The minimum Gasteiger partial charge on any atom is -0.345 e. The Morgan fingerprint density at radius 3 is 2.45 bits per heavy atom. The van der Waals surface area contributed by atoms with Crippen LogP contribution in [0.3, 0.4) is 0 Å². The molecule has 0 unspecified atom stereocenters. The topological polar surface area (TPSA) is 70.6 Å². The minimum atomic E-state index is -0.739. The average molecular weight is 294 g/mol. The van der Waals surface area contributed by atoms with Gasteiger partial charge in [-0.25, -0.2) is 5.43 Å². The van der Waals surface area contributed by atoms with E-state index < -0.39 is 11.8 Å². The lowest BCUT2D eigenvalue weighted by Gasteiger charge is -2.05. The maximum absolute atomic E-state index is 11.6. The van der Waals surface area contributed by atoms with Crippen LogP contribution in [0.5, 0.6) is 0 Å². The number of carbonyl (C=O) groups is 2. The molecule has 1 fully saturated rings. The van der Waals surface area contributed by atoms with E-state index in [4.69, 9.17) is 11.6 Å². The highest BCUT2D eigenvalue weighted by molar-refractivity contribution is 6.35. The first-order valence-electron chi connectivity index (χ1n) is 6.53. The van der Waals surface area contributed by atoms with Crippen LogP contribution in [0, 0.1) is 0 Å². The zero-order valence-electron chi connectivity index (χ0n) is 11.1. The number of hydrogen-bond donors (Lipinski definition) is 2. The van der Waals surface area contributed by atoms with Crippen molar-refractivity contribution in [3.05, 3.63) is 34.9 Å². The van der Waals surface area contributed by atoms with E-state index in [0.717, 1.165) is 18.4 Å². The summed E-state index contributed by atoms with van der Waals surface area (Å²) in [6.07, 6.45) is 2.51. The van der Waals surface area contributed by atoms with Crippen molar-refractivity contribution < 1.29 is 9.59 Å². The number of hydrogen-bond acceptors (Lipinski definition) is 3. The number of benzene rings is 1. The van der Waals surface area contributed by atoms with E-state index in [1.54, 1.807) is 12.1 Å². The summed E-state index contributed by atoms with van der Waals surface area (Å²) < 4.78 is 0. The van der Waals surface area contributed by atoms with E-state index >= 15 is 0 Å². The zero-order valence-corrected chi connectivity index (χ0v) is 11.9. The maximum atomic E-state index is 11.6. The van der Waals surface area contributed by atoms with Crippen LogP contribution in [0.4, 0.5) is 0 Å². The minimum absolute atomic E-state index is 0.152. The molecule has 1 aromatic carbocycles. The number of hydrazone groups is 1. The zero-order chi connectivity index (χ0) is 14.5. The van der Waals surface area contributed by atoms with Gasteiger partial charge in [0.1, 0.15) is 0 Å². The normalized spacial score (nSPS) is 14.8. The lowest BCUT2D eigenvalue weighted by molar-refractivity contribution is -0.139.